The predicted molar refractivity (Wildman–Crippen MR) is 60.1 cm³/mol. The molecule has 0 spiro atoms. The maximum absolute atomic E-state index is 13.6. The quantitative estimate of drug-likeness (QED) is 0.820. The highest BCUT2D eigenvalue weighted by molar-refractivity contribution is 5.34. The third-order valence-corrected chi connectivity index (χ3v) is 2.44. The molecule has 0 fully saturated rings. The summed E-state index contributed by atoms with van der Waals surface area (Å²) < 4.78 is 15.0. The minimum atomic E-state index is -0.366. The number of hydrogen-bond acceptors (Lipinski definition) is 2. The maximum Gasteiger partial charge on any atom is 0.188 e. The van der Waals surface area contributed by atoms with Gasteiger partial charge in [0.15, 0.2) is 11.6 Å². The minimum absolute atomic E-state index is 0.0912. The molecule has 1 aromatic heterocycles. The Morgan fingerprint density at radius 3 is 2.33 bits per heavy atom. The molecule has 0 radical (unpaired) electrons. The van der Waals surface area contributed by atoms with Crippen LogP contribution in [0.3, 0.4) is 0 Å². The van der Waals surface area contributed by atoms with E-state index < -0.39 is 0 Å². The van der Waals surface area contributed by atoms with E-state index in [1.807, 2.05) is 6.92 Å². The molecule has 0 amide bonds. The van der Waals surface area contributed by atoms with Crippen LogP contribution in [0, 0.1) is 11.2 Å². The van der Waals surface area contributed by atoms with Gasteiger partial charge in [-0.15, -0.1) is 0 Å². The summed E-state index contributed by atoms with van der Waals surface area (Å²) in [6.07, 6.45) is 0.889. The number of hydrogen-bond donors (Lipinski definition) is 1. The summed E-state index contributed by atoms with van der Waals surface area (Å²) in [7, 11) is 1.66. The molecule has 0 saturated carbocycles. The lowest BCUT2D eigenvalue weighted by Crippen LogP contribution is -2.11. The van der Waals surface area contributed by atoms with Crippen molar-refractivity contribution in [2.24, 2.45) is 12.5 Å². The van der Waals surface area contributed by atoms with Crippen molar-refractivity contribution in [3.8, 4) is 0 Å². The van der Waals surface area contributed by atoms with Crippen molar-refractivity contribution >= 4 is 5.82 Å². The van der Waals surface area contributed by atoms with Crippen LogP contribution < -0.4 is 5.73 Å². The molecule has 2 N–H and O–H groups in total. The van der Waals surface area contributed by atoms with Crippen LogP contribution in [0.25, 0.3) is 0 Å². The van der Waals surface area contributed by atoms with Crippen LogP contribution in [0.15, 0.2) is 0 Å². The van der Waals surface area contributed by atoms with Crippen molar-refractivity contribution in [2.45, 2.75) is 40.0 Å². The number of rotatable bonds is 2. The third kappa shape index (κ3) is 2.70. The van der Waals surface area contributed by atoms with E-state index in [0.717, 1.165) is 6.42 Å². The first kappa shape index (κ1) is 12.0. The Morgan fingerprint density at radius 1 is 1.47 bits per heavy atom. The van der Waals surface area contributed by atoms with Crippen molar-refractivity contribution in [2.75, 3.05) is 5.73 Å². The van der Waals surface area contributed by atoms with E-state index in [1.165, 1.54) is 4.68 Å². The van der Waals surface area contributed by atoms with Crippen LogP contribution in [0.1, 0.15) is 45.7 Å². The van der Waals surface area contributed by atoms with E-state index in [4.69, 9.17) is 5.73 Å². The molecule has 0 aliphatic rings. The van der Waals surface area contributed by atoms with Crippen LogP contribution in [-0.4, -0.2) is 9.78 Å². The van der Waals surface area contributed by atoms with Crippen molar-refractivity contribution in [3.05, 3.63) is 11.5 Å². The minimum Gasteiger partial charge on any atom is -0.381 e. The van der Waals surface area contributed by atoms with Crippen molar-refractivity contribution in [1.29, 1.82) is 0 Å². The van der Waals surface area contributed by atoms with Gasteiger partial charge >= 0.3 is 0 Å². The topological polar surface area (TPSA) is 43.8 Å². The molecule has 3 nitrogen and oxygen atoms in total. The maximum atomic E-state index is 13.6. The van der Waals surface area contributed by atoms with Crippen LogP contribution >= 0.6 is 0 Å². The van der Waals surface area contributed by atoms with Crippen molar-refractivity contribution in [3.63, 3.8) is 0 Å². The normalized spacial score (nSPS) is 14.3. The Kier molecular flexibility index (Phi) is 3.07. The fraction of sp³-hybridized carbons (Fsp3) is 0.727. The molecule has 1 aromatic rings. The molecule has 1 heterocycles. The summed E-state index contributed by atoms with van der Waals surface area (Å²) in [6, 6.07) is 0. The van der Waals surface area contributed by atoms with Gasteiger partial charge in [-0.25, -0.2) is 4.39 Å². The number of nitrogens with zero attached hydrogens (tertiary/aromatic N) is 2. The molecule has 1 rings (SSSR count). The van der Waals surface area contributed by atoms with Gasteiger partial charge < -0.3 is 5.73 Å². The van der Waals surface area contributed by atoms with Gasteiger partial charge in [0.05, 0.1) is 0 Å². The molecule has 0 saturated heterocycles. The van der Waals surface area contributed by atoms with Gasteiger partial charge in [0.1, 0.15) is 5.69 Å². The van der Waals surface area contributed by atoms with E-state index in [-0.39, 0.29) is 23.0 Å². The highest BCUT2D eigenvalue weighted by Crippen LogP contribution is 2.32. The lowest BCUT2D eigenvalue weighted by Gasteiger charge is -2.21. The fourth-order valence-corrected chi connectivity index (χ4v) is 1.86. The van der Waals surface area contributed by atoms with Gasteiger partial charge in [0.25, 0.3) is 0 Å². The van der Waals surface area contributed by atoms with Crippen LogP contribution in [0.5, 0.6) is 0 Å². The van der Waals surface area contributed by atoms with Gasteiger partial charge in [0, 0.05) is 13.0 Å². The average Bonchev–Trinajstić information content (AvgIpc) is 2.30. The average molecular weight is 213 g/mol. The van der Waals surface area contributed by atoms with Gasteiger partial charge in [-0.3, -0.25) is 4.68 Å². The SMILES string of the molecule is CC(CC(C)(C)C)c1nn(C)c(N)c1F. The van der Waals surface area contributed by atoms with E-state index in [1.54, 1.807) is 7.05 Å². The number of halogens is 1. The Labute approximate surface area is 90.5 Å². The fourth-order valence-electron chi connectivity index (χ4n) is 1.86. The molecule has 4 heteroatoms. The second kappa shape index (κ2) is 3.83. The zero-order valence-electron chi connectivity index (χ0n) is 10.1. The molecule has 15 heavy (non-hydrogen) atoms. The van der Waals surface area contributed by atoms with E-state index in [0.29, 0.717) is 5.69 Å². The second-order valence-corrected chi connectivity index (χ2v) is 5.37. The second-order valence-electron chi connectivity index (χ2n) is 5.37. The molecule has 0 aromatic carbocycles. The lowest BCUT2D eigenvalue weighted by molar-refractivity contribution is 0.341. The van der Waals surface area contributed by atoms with Crippen molar-refractivity contribution < 1.29 is 4.39 Å². The summed E-state index contributed by atoms with van der Waals surface area (Å²) in [5.74, 6) is -0.159. The Balaban J connectivity index is 2.92. The number of anilines is 1. The Hall–Kier alpha value is -1.06. The monoisotopic (exact) mass is 213 g/mol. The van der Waals surface area contributed by atoms with Gasteiger partial charge in [-0.2, -0.15) is 5.10 Å². The molecule has 0 bridgehead atoms. The van der Waals surface area contributed by atoms with E-state index in [9.17, 15) is 4.39 Å². The molecule has 86 valence electrons. The lowest BCUT2D eigenvalue weighted by atomic mass is 9.84. The summed E-state index contributed by atoms with van der Waals surface area (Å²) in [6.45, 7) is 8.38. The standard InChI is InChI=1S/C11H20FN3/c1-7(6-11(2,3)4)9-8(12)10(13)15(5)14-9/h7H,6,13H2,1-5H3. The summed E-state index contributed by atoms with van der Waals surface area (Å²) in [5, 5.41) is 4.11. The van der Waals surface area contributed by atoms with Crippen LogP contribution in [0.2, 0.25) is 0 Å². The van der Waals surface area contributed by atoms with Gasteiger partial charge in [-0.1, -0.05) is 27.7 Å². The summed E-state index contributed by atoms with van der Waals surface area (Å²) >= 11 is 0. The smallest absolute Gasteiger partial charge is 0.188 e. The Bertz CT molecular complexity index is 349. The van der Waals surface area contributed by atoms with E-state index >= 15 is 0 Å². The van der Waals surface area contributed by atoms with Gasteiger partial charge in [0.2, 0.25) is 0 Å². The van der Waals surface area contributed by atoms with Gasteiger partial charge in [-0.05, 0) is 11.8 Å². The van der Waals surface area contributed by atoms with Crippen LogP contribution in [0.4, 0.5) is 10.2 Å². The first-order chi connectivity index (χ1) is 6.72. The molecule has 1 unspecified atom stereocenters. The third-order valence-electron chi connectivity index (χ3n) is 2.44. The number of nitrogens with two attached hydrogens (primary N) is 1. The van der Waals surface area contributed by atoms with Crippen LogP contribution in [-0.2, 0) is 7.05 Å². The van der Waals surface area contributed by atoms with E-state index in [2.05, 4.69) is 25.9 Å². The first-order valence-electron chi connectivity index (χ1n) is 5.20. The largest absolute Gasteiger partial charge is 0.381 e. The zero-order valence-corrected chi connectivity index (χ0v) is 10.1. The highest BCUT2D eigenvalue weighted by atomic mass is 19.1. The molecular formula is C11H20FN3. The molecular weight excluding hydrogens is 193 g/mol. The number of aryl methyl sites for hydroxylation is 1. The predicted octanol–water partition coefficient (Wildman–Crippen LogP) is 2.68. The number of nitrogen functional groups attached to an aromatic ring is 1. The Morgan fingerprint density at radius 2 is 2.00 bits per heavy atom. The number of aromatic nitrogens is 2. The molecule has 1 atom stereocenters. The zero-order chi connectivity index (χ0) is 11.8. The molecule has 0 aliphatic heterocycles. The highest BCUT2D eigenvalue weighted by Gasteiger charge is 2.23. The summed E-state index contributed by atoms with van der Waals surface area (Å²) in [5.41, 5.74) is 6.17. The molecule has 0 aliphatic carbocycles. The summed E-state index contributed by atoms with van der Waals surface area (Å²) in [4.78, 5) is 0. The first-order valence-corrected chi connectivity index (χ1v) is 5.20. The van der Waals surface area contributed by atoms with Crippen molar-refractivity contribution in [1.82, 2.24) is 9.78 Å².